The molecule has 1 saturated heterocycles. The molecule has 224 valence electrons. The number of aromatic nitrogens is 2. The van der Waals surface area contributed by atoms with Crippen molar-refractivity contribution in [2.75, 3.05) is 30.3 Å². The number of allylic oxidation sites excluding steroid dienone is 1. The average Bonchev–Trinajstić information content (AvgIpc) is 2.93. The number of rotatable bonds is 4. The molecule has 3 aromatic rings. The zero-order valence-corrected chi connectivity index (χ0v) is 22.4. The van der Waals surface area contributed by atoms with Crippen molar-refractivity contribution in [3.8, 4) is 11.1 Å². The topological polar surface area (TPSA) is 75.5 Å². The van der Waals surface area contributed by atoms with Gasteiger partial charge >= 0.3 is 231 Å². The van der Waals surface area contributed by atoms with Gasteiger partial charge in [-0.2, -0.15) is 0 Å². The van der Waals surface area contributed by atoms with Crippen molar-refractivity contribution in [1.29, 1.82) is 0 Å². The van der Waals surface area contributed by atoms with Crippen LogP contribution in [0.4, 0.5) is 40.9 Å². The van der Waals surface area contributed by atoms with Crippen molar-refractivity contribution in [2.45, 2.75) is 23.8 Å². The molecule has 0 atom stereocenters. The predicted molar refractivity (Wildman–Crippen MR) is 141 cm³/mol. The van der Waals surface area contributed by atoms with Crippen LogP contribution in [0.2, 0.25) is 0 Å². The third kappa shape index (κ3) is 5.94. The number of anilines is 1. The molecule has 0 saturated carbocycles. The van der Waals surface area contributed by atoms with Crippen LogP contribution < -0.4 is 10.6 Å². The van der Waals surface area contributed by atoms with Crippen molar-refractivity contribution in [3.05, 3.63) is 75.8 Å². The Bertz CT molecular complexity index is 1770. The Morgan fingerprint density at radius 1 is 1.05 bits per heavy atom. The molecule has 0 aliphatic carbocycles. The monoisotopic (exact) mass is 628 g/mol. The summed E-state index contributed by atoms with van der Waals surface area (Å²) in [5, 5.41) is -0.136. The fourth-order valence-electron chi connectivity index (χ4n) is 5.04. The molecular formula is C26H17BF8N4O3S. The van der Waals surface area contributed by atoms with Gasteiger partial charge in [0.15, 0.2) is 0 Å². The normalized spacial score (nSPS) is 16.8. The van der Waals surface area contributed by atoms with Crippen LogP contribution in [0.3, 0.4) is 0 Å². The molecule has 2 aliphatic heterocycles. The summed E-state index contributed by atoms with van der Waals surface area (Å²) < 4.78 is 122. The average molecular weight is 628 g/mol. The predicted octanol–water partition coefficient (Wildman–Crippen LogP) is 5.12. The van der Waals surface area contributed by atoms with Gasteiger partial charge in [-0.3, -0.25) is 0 Å². The van der Waals surface area contributed by atoms with Crippen LogP contribution in [0.1, 0.15) is 5.56 Å². The molecule has 0 N–H and O–H groups in total. The van der Waals surface area contributed by atoms with Crippen LogP contribution >= 0.6 is 11.8 Å². The minimum absolute atomic E-state index is 0.0329. The van der Waals surface area contributed by atoms with E-state index in [4.69, 9.17) is 0 Å². The number of piperazine rings is 1. The van der Waals surface area contributed by atoms with Gasteiger partial charge in [0, 0.05) is 0 Å². The van der Waals surface area contributed by atoms with Crippen molar-refractivity contribution in [1.82, 2.24) is 14.5 Å². The second kappa shape index (κ2) is 11.2. The van der Waals surface area contributed by atoms with Gasteiger partial charge in [0.1, 0.15) is 5.82 Å². The molecule has 43 heavy (non-hydrogen) atoms. The molecule has 0 radical (unpaired) electrons. The molecule has 0 unspecified atom stereocenters. The Kier molecular flexibility index (Phi) is 7.96. The maximum absolute atomic E-state index is 14.9. The summed E-state index contributed by atoms with van der Waals surface area (Å²) in [5.74, 6) is -2.48. The summed E-state index contributed by atoms with van der Waals surface area (Å²) in [6, 6.07) is 2.88. The zero-order chi connectivity index (χ0) is 31.3. The molecule has 3 heterocycles. The molecule has 5 rings (SSSR count). The summed E-state index contributed by atoms with van der Waals surface area (Å²) in [7, 11) is 0.286. The summed E-state index contributed by atoms with van der Waals surface area (Å²) in [5.41, 5.74) is -3.24. The zero-order valence-electron chi connectivity index (χ0n) is 21.6. The van der Waals surface area contributed by atoms with Gasteiger partial charge in [0.2, 0.25) is 0 Å². The SMILES string of the molecule is O=B/C=C1\CN(c2nc(=O)n3c4c(c(-c5ccc(F)cc5F)c(C(F)(F)F)cc24)SCC3)CCN1C(=O)/C=C/C(F)(F)F. The van der Waals surface area contributed by atoms with Crippen LogP contribution in [-0.4, -0.2) is 59.1 Å². The fourth-order valence-corrected chi connectivity index (χ4v) is 6.24. The van der Waals surface area contributed by atoms with Crippen LogP contribution in [0.15, 0.2) is 57.8 Å². The number of amides is 1. The van der Waals surface area contributed by atoms with Crippen LogP contribution in [0.5, 0.6) is 0 Å². The van der Waals surface area contributed by atoms with Gasteiger partial charge in [-0.15, -0.1) is 0 Å². The van der Waals surface area contributed by atoms with Gasteiger partial charge < -0.3 is 0 Å². The first-order valence-corrected chi connectivity index (χ1v) is 13.4. The van der Waals surface area contributed by atoms with Crippen LogP contribution in [-0.2, 0) is 22.2 Å². The van der Waals surface area contributed by atoms with Gasteiger partial charge in [-0.25, -0.2) is 4.39 Å². The number of hydrogen-bond donors (Lipinski definition) is 0. The standard InChI is InChI=1S/C26H17BF8N4O3S/c28-13-1-2-15(18(29)9-13)20-17(26(33,34)35)10-16-21-22(20)43-8-7-39(21)24(41)36-23(16)37-5-6-38(14(12-37)11-27-42)19(40)3-4-25(30,31)32/h1-4,9-11H,5-8,12H2/b4-3+,14-11+. The number of halogens is 8. The van der Waals surface area contributed by atoms with E-state index in [1.165, 1.54) is 4.90 Å². The number of hydrogen-bond acceptors (Lipinski definition) is 6. The van der Waals surface area contributed by atoms with Crippen molar-refractivity contribution < 1.29 is 44.6 Å². The van der Waals surface area contributed by atoms with Gasteiger partial charge in [-0.05, 0) is 0 Å². The second-order valence-electron chi connectivity index (χ2n) is 9.44. The van der Waals surface area contributed by atoms with E-state index in [2.05, 4.69) is 4.98 Å². The summed E-state index contributed by atoms with van der Waals surface area (Å²) in [6.07, 6.45) is -9.79. The van der Waals surface area contributed by atoms with E-state index in [1.54, 1.807) is 0 Å². The molecule has 1 amide bonds. The number of thioether (sulfide) groups is 1. The molecule has 2 aliphatic rings. The number of benzene rings is 2. The summed E-state index contributed by atoms with van der Waals surface area (Å²) in [6.45, 7) is -0.764. The van der Waals surface area contributed by atoms with E-state index in [0.717, 1.165) is 39.3 Å². The molecule has 1 aromatic heterocycles. The molecule has 0 bridgehead atoms. The first-order chi connectivity index (χ1) is 20.2. The number of aryl methyl sites for hydroxylation is 1. The molecule has 1 fully saturated rings. The Hall–Kier alpha value is -4.02. The van der Waals surface area contributed by atoms with Crippen LogP contribution in [0.25, 0.3) is 22.0 Å². The van der Waals surface area contributed by atoms with Gasteiger partial charge in [-0.1, -0.05) is 0 Å². The molecule has 0 spiro atoms. The molecule has 7 nitrogen and oxygen atoms in total. The van der Waals surface area contributed by atoms with E-state index >= 15 is 0 Å². The Labute approximate surface area is 241 Å². The number of nitrogens with zero attached hydrogens (tertiary/aromatic N) is 4. The van der Waals surface area contributed by atoms with Crippen molar-refractivity contribution in [2.24, 2.45) is 0 Å². The first kappa shape index (κ1) is 30.4. The first-order valence-electron chi connectivity index (χ1n) is 12.4. The van der Waals surface area contributed by atoms with E-state index in [9.17, 15) is 49.4 Å². The van der Waals surface area contributed by atoms with Crippen LogP contribution in [0, 0.1) is 11.6 Å². The summed E-state index contributed by atoms with van der Waals surface area (Å²) >= 11 is 0.954. The van der Waals surface area contributed by atoms with E-state index in [0.29, 0.717) is 12.1 Å². The summed E-state index contributed by atoms with van der Waals surface area (Å²) in [4.78, 5) is 31.8. The van der Waals surface area contributed by atoms with E-state index in [1.807, 2.05) is 0 Å². The molecule has 17 heteroatoms. The third-order valence-electron chi connectivity index (χ3n) is 6.80. The Balaban J connectivity index is 1.69. The molecular weight excluding hydrogens is 611 g/mol. The number of carbonyl (C=O) groups excluding carboxylic acids is 1. The quantitative estimate of drug-likeness (QED) is 0.227. The minimum atomic E-state index is -5.03. The van der Waals surface area contributed by atoms with Crippen molar-refractivity contribution >= 4 is 41.5 Å². The molecule has 2 aromatic carbocycles. The third-order valence-corrected chi connectivity index (χ3v) is 7.87. The van der Waals surface area contributed by atoms with Crippen molar-refractivity contribution in [3.63, 3.8) is 0 Å². The Morgan fingerprint density at radius 3 is 2.44 bits per heavy atom. The Morgan fingerprint density at radius 2 is 1.79 bits per heavy atom. The van der Waals surface area contributed by atoms with Gasteiger partial charge in [0.05, 0.1) is 0 Å². The number of carbonyl (C=O) groups is 1. The maximum atomic E-state index is 14.9. The second-order valence-corrected chi connectivity index (χ2v) is 10.6. The fraction of sp³-hybridized carbons (Fsp3) is 0.269. The van der Waals surface area contributed by atoms with Gasteiger partial charge in [0.25, 0.3) is 0 Å². The number of alkyl halides is 6. The van der Waals surface area contributed by atoms with E-state index in [-0.39, 0.29) is 78.5 Å². The van der Waals surface area contributed by atoms with E-state index < -0.39 is 52.3 Å².